The lowest BCUT2D eigenvalue weighted by molar-refractivity contribution is -0.124. The van der Waals surface area contributed by atoms with Gasteiger partial charge in [0.15, 0.2) is 0 Å². The third-order valence-corrected chi connectivity index (χ3v) is 4.78. The number of hydrogen-bond acceptors (Lipinski definition) is 4. The summed E-state index contributed by atoms with van der Waals surface area (Å²) in [6, 6.07) is 3.42. The van der Waals surface area contributed by atoms with Crippen LogP contribution in [0.2, 0.25) is 5.02 Å². The van der Waals surface area contributed by atoms with E-state index in [1.54, 1.807) is 0 Å². The summed E-state index contributed by atoms with van der Waals surface area (Å²) >= 11 is 5.86. The number of nitrogen functional groups attached to an aromatic ring is 1. The van der Waals surface area contributed by atoms with Crippen LogP contribution in [0.15, 0.2) is 23.1 Å². The monoisotopic (exact) mass is 303 g/mol. The van der Waals surface area contributed by atoms with Crippen LogP contribution in [0.5, 0.6) is 0 Å². The molecule has 2 rings (SSSR count). The molecule has 0 aromatic heterocycles. The summed E-state index contributed by atoms with van der Waals surface area (Å²) in [6.07, 6.45) is 1.19. The van der Waals surface area contributed by atoms with Crippen molar-refractivity contribution >= 4 is 33.2 Å². The first-order chi connectivity index (χ1) is 8.90. The first-order valence-corrected chi connectivity index (χ1v) is 7.61. The highest BCUT2D eigenvalue weighted by molar-refractivity contribution is 7.89. The molecule has 1 unspecified atom stereocenters. The van der Waals surface area contributed by atoms with Gasteiger partial charge < -0.3 is 11.1 Å². The van der Waals surface area contributed by atoms with E-state index in [0.29, 0.717) is 13.0 Å². The maximum absolute atomic E-state index is 12.2. The number of nitrogens with one attached hydrogen (secondary N) is 2. The van der Waals surface area contributed by atoms with Gasteiger partial charge in [0, 0.05) is 12.2 Å². The van der Waals surface area contributed by atoms with E-state index >= 15 is 0 Å². The van der Waals surface area contributed by atoms with Crippen molar-refractivity contribution < 1.29 is 13.2 Å². The maximum atomic E-state index is 12.2. The highest BCUT2D eigenvalue weighted by Crippen LogP contribution is 2.24. The van der Waals surface area contributed by atoms with E-state index in [2.05, 4.69) is 10.0 Å². The number of anilines is 1. The molecule has 0 bridgehead atoms. The number of amides is 1. The van der Waals surface area contributed by atoms with E-state index in [1.807, 2.05) is 0 Å². The smallest absolute Gasteiger partial charge is 0.242 e. The van der Waals surface area contributed by atoms with Crippen LogP contribution in [0.25, 0.3) is 0 Å². The Balaban J connectivity index is 2.27. The Morgan fingerprint density at radius 2 is 2.16 bits per heavy atom. The summed E-state index contributed by atoms with van der Waals surface area (Å²) in [7, 11) is -3.87. The van der Waals surface area contributed by atoms with Crippen LogP contribution in [-0.2, 0) is 14.8 Å². The van der Waals surface area contributed by atoms with Gasteiger partial charge in [0.1, 0.15) is 10.9 Å². The zero-order valence-electron chi connectivity index (χ0n) is 10.0. The van der Waals surface area contributed by atoms with Crippen molar-refractivity contribution in [2.24, 2.45) is 0 Å². The van der Waals surface area contributed by atoms with Crippen molar-refractivity contribution in [2.75, 3.05) is 12.3 Å². The molecule has 1 amide bonds. The number of hydrogen-bond donors (Lipinski definition) is 3. The van der Waals surface area contributed by atoms with Gasteiger partial charge in [-0.2, -0.15) is 4.72 Å². The normalized spacial score (nSPS) is 20.1. The highest BCUT2D eigenvalue weighted by atomic mass is 35.5. The Hall–Kier alpha value is -1.31. The van der Waals surface area contributed by atoms with Crippen LogP contribution in [0.4, 0.5) is 5.69 Å². The Bertz CT molecular complexity index is 603. The third-order valence-electron chi connectivity index (χ3n) is 2.83. The molecule has 0 spiro atoms. The molecule has 19 heavy (non-hydrogen) atoms. The second-order valence-corrected chi connectivity index (χ2v) is 6.39. The number of rotatable bonds is 3. The molecule has 0 saturated carbocycles. The zero-order valence-corrected chi connectivity index (χ0v) is 11.6. The van der Waals surface area contributed by atoms with Gasteiger partial charge in [-0.15, -0.1) is 0 Å². The number of sulfonamides is 1. The van der Waals surface area contributed by atoms with E-state index in [4.69, 9.17) is 17.3 Å². The lowest BCUT2D eigenvalue weighted by atomic mass is 10.1. The molecule has 8 heteroatoms. The quantitative estimate of drug-likeness (QED) is 0.707. The standard InChI is InChI=1S/C11H14ClN3O3S/c12-8-4-3-7(13)6-10(8)19(17,18)15-9-2-1-5-14-11(9)16/h3-4,6,9,15H,1-2,5,13H2,(H,14,16). The zero-order chi connectivity index (χ0) is 14.0. The molecule has 6 nitrogen and oxygen atoms in total. The van der Waals surface area contributed by atoms with Gasteiger partial charge >= 0.3 is 0 Å². The van der Waals surface area contributed by atoms with Crippen LogP contribution in [0.3, 0.4) is 0 Å². The molecule has 0 aliphatic carbocycles. The topological polar surface area (TPSA) is 101 Å². The van der Waals surface area contributed by atoms with Gasteiger partial charge in [0.2, 0.25) is 15.9 Å². The maximum Gasteiger partial charge on any atom is 0.242 e. The molecule has 0 radical (unpaired) electrons. The first kappa shape index (κ1) is 14.1. The van der Waals surface area contributed by atoms with Crippen molar-refractivity contribution in [2.45, 2.75) is 23.8 Å². The molecule has 1 aromatic carbocycles. The minimum atomic E-state index is -3.87. The fourth-order valence-corrected chi connectivity index (χ4v) is 3.63. The minimum Gasteiger partial charge on any atom is -0.399 e. The van der Waals surface area contributed by atoms with Crippen molar-refractivity contribution in [1.29, 1.82) is 0 Å². The van der Waals surface area contributed by atoms with Crippen molar-refractivity contribution in [1.82, 2.24) is 10.0 Å². The second kappa shape index (κ2) is 5.36. The molecule has 1 heterocycles. The summed E-state index contributed by atoms with van der Waals surface area (Å²) in [5.74, 6) is -0.324. The van der Waals surface area contributed by atoms with Crippen LogP contribution < -0.4 is 15.8 Å². The van der Waals surface area contributed by atoms with Crippen molar-refractivity contribution in [3.8, 4) is 0 Å². The number of carbonyl (C=O) groups is 1. The molecular formula is C11H14ClN3O3S. The van der Waals surface area contributed by atoms with E-state index in [9.17, 15) is 13.2 Å². The first-order valence-electron chi connectivity index (χ1n) is 5.75. The van der Waals surface area contributed by atoms with E-state index in [0.717, 1.165) is 6.42 Å². The molecule has 1 aliphatic rings. The second-order valence-electron chi connectivity index (χ2n) is 4.30. The number of nitrogens with two attached hydrogens (primary N) is 1. The van der Waals surface area contributed by atoms with E-state index < -0.39 is 16.1 Å². The predicted octanol–water partition coefficient (Wildman–Crippen LogP) is 0.479. The highest BCUT2D eigenvalue weighted by Gasteiger charge is 2.28. The Morgan fingerprint density at radius 1 is 1.42 bits per heavy atom. The number of halogens is 1. The third kappa shape index (κ3) is 3.17. The lowest BCUT2D eigenvalue weighted by Crippen LogP contribution is -2.50. The van der Waals surface area contributed by atoms with Crippen LogP contribution >= 0.6 is 11.6 Å². The van der Waals surface area contributed by atoms with Crippen LogP contribution in [0, 0.1) is 0 Å². The van der Waals surface area contributed by atoms with E-state index in [1.165, 1.54) is 18.2 Å². The minimum absolute atomic E-state index is 0.0675. The van der Waals surface area contributed by atoms with Crippen molar-refractivity contribution in [3.05, 3.63) is 23.2 Å². The van der Waals surface area contributed by atoms with Crippen molar-refractivity contribution in [3.63, 3.8) is 0 Å². The molecule has 1 aromatic rings. The largest absolute Gasteiger partial charge is 0.399 e. The predicted molar refractivity (Wildman–Crippen MR) is 72.2 cm³/mol. The summed E-state index contributed by atoms with van der Waals surface area (Å²) in [4.78, 5) is 11.4. The fraction of sp³-hybridized carbons (Fsp3) is 0.364. The van der Waals surface area contributed by atoms with Gasteiger partial charge in [-0.05, 0) is 31.0 Å². The summed E-state index contributed by atoms with van der Waals surface area (Å²) in [6.45, 7) is 0.566. The van der Waals surface area contributed by atoms with Gasteiger partial charge in [-0.25, -0.2) is 8.42 Å². The number of carbonyl (C=O) groups excluding carboxylic acids is 1. The Morgan fingerprint density at radius 3 is 2.84 bits per heavy atom. The lowest BCUT2D eigenvalue weighted by Gasteiger charge is -2.22. The number of benzene rings is 1. The van der Waals surface area contributed by atoms with Gasteiger partial charge in [-0.3, -0.25) is 4.79 Å². The summed E-state index contributed by atoms with van der Waals surface area (Å²) in [5, 5.41) is 2.68. The average Bonchev–Trinajstić information content (AvgIpc) is 2.35. The molecule has 4 N–H and O–H groups in total. The Kier molecular flexibility index (Phi) is 3.98. The average molecular weight is 304 g/mol. The Labute approximate surface area is 116 Å². The van der Waals surface area contributed by atoms with Crippen LogP contribution in [0.1, 0.15) is 12.8 Å². The van der Waals surface area contributed by atoms with Gasteiger partial charge in [0.25, 0.3) is 0 Å². The molecule has 1 fully saturated rings. The number of piperidine rings is 1. The van der Waals surface area contributed by atoms with Crippen LogP contribution in [-0.4, -0.2) is 26.9 Å². The van der Waals surface area contributed by atoms with Gasteiger partial charge in [0.05, 0.1) is 5.02 Å². The van der Waals surface area contributed by atoms with Gasteiger partial charge in [-0.1, -0.05) is 11.6 Å². The molecule has 1 saturated heterocycles. The molecular weight excluding hydrogens is 290 g/mol. The molecule has 1 atom stereocenters. The fourth-order valence-electron chi connectivity index (χ4n) is 1.86. The summed E-state index contributed by atoms with van der Waals surface area (Å²) < 4.78 is 26.7. The SMILES string of the molecule is Nc1ccc(Cl)c(S(=O)(=O)NC2CCCNC2=O)c1. The molecule has 104 valence electrons. The van der Waals surface area contributed by atoms with E-state index in [-0.39, 0.29) is 21.5 Å². The molecule has 1 aliphatic heterocycles. The summed E-state index contributed by atoms with van der Waals surface area (Å²) in [5.41, 5.74) is 5.84.